The maximum absolute atomic E-state index is 5.79. The van der Waals surface area contributed by atoms with Crippen molar-refractivity contribution in [3.8, 4) is 0 Å². The molecule has 0 bridgehead atoms. The molecule has 2 unspecified atom stereocenters. The molecule has 0 aromatic carbocycles. The lowest BCUT2D eigenvalue weighted by atomic mass is 10.1. The Kier molecular flexibility index (Phi) is 1.69. The molecule has 3 nitrogen and oxygen atoms in total. The first-order chi connectivity index (χ1) is 6.75. The lowest BCUT2D eigenvalue weighted by Crippen LogP contribution is -2.22. The molecule has 14 heavy (non-hydrogen) atoms. The van der Waals surface area contributed by atoms with E-state index in [0.29, 0.717) is 6.10 Å². The Morgan fingerprint density at radius 3 is 3.29 bits per heavy atom. The summed E-state index contributed by atoms with van der Waals surface area (Å²) in [5, 5.41) is 2.06. The minimum Gasteiger partial charge on any atom is -0.369 e. The Bertz CT molecular complexity index is 473. The second-order valence-electron chi connectivity index (χ2n) is 3.79. The predicted octanol–water partition coefficient (Wildman–Crippen LogP) is 2.42. The van der Waals surface area contributed by atoms with E-state index in [2.05, 4.69) is 34.8 Å². The average molecular weight is 208 g/mol. The molecule has 0 spiro atoms. The van der Waals surface area contributed by atoms with Crippen molar-refractivity contribution < 1.29 is 4.74 Å². The summed E-state index contributed by atoms with van der Waals surface area (Å²) in [6, 6.07) is 0. The molecule has 1 aliphatic rings. The molecular formula is C10H12N2OS. The van der Waals surface area contributed by atoms with E-state index in [0.717, 1.165) is 11.4 Å². The van der Waals surface area contributed by atoms with Gasteiger partial charge in [-0.25, -0.2) is 4.98 Å². The van der Waals surface area contributed by atoms with Gasteiger partial charge < -0.3 is 4.74 Å². The molecule has 2 atom stereocenters. The third-order valence-corrected chi connectivity index (χ3v) is 3.43. The Hall–Kier alpha value is -0.870. The number of imidazole rings is 1. The van der Waals surface area contributed by atoms with Crippen molar-refractivity contribution in [2.24, 2.45) is 0 Å². The highest BCUT2D eigenvalue weighted by Gasteiger charge is 2.26. The van der Waals surface area contributed by atoms with Crippen molar-refractivity contribution in [2.75, 3.05) is 0 Å². The SMILES string of the molecule is CC1Cc2nc3sccn3c2C(C)O1. The lowest BCUT2D eigenvalue weighted by molar-refractivity contribution is -0.00831. The van der Waals surface area contributed by atoms with E-state index < -0.39 is 0 Å². The standard InChI is InChI=1S/C10H12N2OS/c1-6-5-8-9(7(2)13-6)12-3-4-14-10(12)11-8/h3-4,6-7H,5H2,1-2H3. The molecule has 3 heterocycles. The zero-order valence-corrected chi connectivity index (χ0v) is 9.04. The van der Waals surface area contributed by atoms with E-state index in [1.807, 2.05) is 0 Å². The van der Waals surface area contributed by atoms with Gasteiger partial charge in [-0.3, -0.25) is 4.40 Å². The molecule has 2 aromatic rings. The summed E-state index contributed by atoms with van der Waals surface area (Å²) < 4.78 is 7.94. The van der Waals surface area contributed by atoms with Crippen molar-refractivity contribution in [3.63, 3.8) is 0 Å². The predicted molar refractivity (Wildman–Crippen MR) is 55.7 cm³/mol. The van der Waals surface area contributed by atoms with Gasteiger partial charge in [0.1, 0.15) is 0 Å². The Morgan fingerprint density at radius 1 is 1.57 bits per heavy atom. The number of aromatic nitrogens is 2. The zero-order chi connectivity index (χ0) is 9.71. The normalized spacial score (nSPS) is 26.7. The van der Waals surface area contributed by atoms with Gasteiger partial charge in [0, 0.05) is 18.0 Å². The Balaban J connectivity index is 2.25. The van der Waals surface area contributed by atoms with E-state index >= 15 is 0 Å². The maximum Gasteiger partial charge on any atom is 0.194 e. The van der Waals surface area contributed by atoms with Gasteiger partial charge in [-0.1, -0.05) is 0 Å². The summed E-state index contributed by atoms with van der Waals surface area (Å²) in [5.41, 5.74) is 2.45. The van der Waals surface area contributed by atoms with Crippen molar-refractivity contribution in [3.05, 3.63) is 23.0 Å². The van der Waals surface area contributed by atoms with Gasteiger partial charge in [0.25, 0.3) is 0 Å². The van der Waals surface area contributed by atoms with Crippen molar-refractivity contribution in [2.45, 2.75) is 32.5 Å². The Morgan fingerprint density at radius 2 is 2.43 bits per heavy atom. The van der Waals surface area contributed by atoms with Crippen molar-refractivity contribution in [1.82, 2.24) is 9.38 Å². The molecule has 0 fully saturated rings. The molecule has 0 aliphatic carbocycles. The molecule has 1 aliphatic heterocycles. The van der Waals surface area contributed by atoms with Crippen LogP contribution >= 0.6 is 11.3 Å². The number of thiazole rings is 1. The smallest absolute Gasteiger partial charge is 0.194 e. The largest absolute Gasteiger partial charge is 0.369 e. The summed E-state index contributed by atoms with van der Waals surface area (Å²) in [5.74, 6) is 0. The Labute approximate surface area is 86.3 Å². The van der Waals surface area contributed by atoms with Gasteiger partial charge in [-0.2, -0.15) is 0 Å². The second-order valence-corrected chi connectivity index (χ2v) is 4.67. The number of fused-ring (bicyclic) bond motifs is 3. The highest BCUT2D eigenvalue weighted by molar-refractivity contribution is 7.15. The molecule has 74 valence electrons. The van der Waals surface area contributed by atoms with E-state index in [9.17, 15) is 0 Å². The second kappa shape index (κ2) is 2.81. The molecule has 4 heteroatoms. The molecule has 3 rings (SSSR count). The minimum atomic E-state index is 0.165. The highest BCUT2D eigenvalue weighted by Crippen LogP contribution is 2.31. The van der Waals surface area contributed by atoms with Crippen LogP contribution in [-0.2, 0) is 11.2 Å². The number of hydrogen-bond donors (Lipinski definition) is 0. The van der Waals surface area contributed by atoms with Crippen LogP contribution in [0.15, 0.2) is 11.6 Å². The van der Waals surface area contributed by atoms with E-state index in [1.165, 1.54) is 11.4 Å². The first kappa shape index (κ1) is 8.44. The number of nitrogens with zero attached hydrogens (tertiary/aromatic N) is 2. The van der Waals surface area contributed by atoms with Crippen LogP contribution in [0.4, 0.5) is 0 Å². The van der Waals surface area contributed by atoms with Crippen LogP contribution in [0, 0.1) is 0 Å². The quantitative estimate of drug-likeness (QED) is 0.664. The molecular weight excluding hydrogens is 196 g/mol. The summed E-state index contributed by atoms with van der Waals surface area (Å²) in [6.45, 7) is 4.20. The molecule has 0 saturated heterocycles. The van der Waals surface area contributed by atoms with Crippen LogP contribution < -0.4 is 0 Å². The van der Waals surface area contributed by atoms with Crippen LogP contribution in [0.2, 0.25) is 0 Å². The van der Waals surface area contributed by atoms with Gasteiger partial charge in [-0.15, -0.1) is 11.3 Å². The molecule has 2 aromatic heterocycles. The summed E-state index contributed by atoms with van der Waals surface area (Å²) in [6.07, 6.45) is 3.47. The summed E-state index contributed by atoms with van der Waals surface area (Å²) in [4.78, 5) is 5.70. The molecule has 0 radical (unpaired) electrons. The van der Waals surface area contributed by atoms with E-state index in [4.69, 9.17) is 4.74 Å². The topological polar surface area (TPSA) is 26.5 Å². The molecule has 0 amide bonds. The fourth-order valence-electron chi connectivity index (χ4n) is 2.16. The van der Waals surface area contributed by atoms with Crippen molar-refractivity contribution >= 4 is 16.3 Å². The van der Waals surface area contributed by atoms with Gasteiger partial charge in [0.05, 0.1) is 23.6 Å². The minimum absolute atomic E-state index is 0.165. The first-order valence-electron chi connectivity index (χ1n) is 4.85. The van der Waals surface area contributed by atoms with Crippen molar-refractivity contribution in [1.29, 1.82) is 0 Å². The van der Waals surface area contributed by atoms with Crippen LogP contribution in [-0.4, -0.2) is 15.5 Å². The fourth-order valence-corrected chi connectivity index (χ4v) is 2.90. The number of rotatable bonds is 0. The molecule has 0 N–H and O–H groups in total. The maximum atomic E-state index is 5.79. The first-order valence-corrected chi connectivity index (χ1v) is 5.73. The summed E-state index contributed by atoms with van der Waals surface area (Å²) in [7, 11) is 0. The van der Waals surface area contributed by atoms with E-state index in [-0.39, 0.29) is 6.10 Å². The summed E-state index contributed by atoms with van der Waals surface area (Å²) >= 11 is 1.68. The van der Waals surface area contributed by atoms with Crippen LogP contribution in [0.5, 0.6) is 0 Å². The number of ether oxygens (including phenoxy) is 1. The monoisotopic (exact) mass is 208 g/mol. The van der Waals surface area contributed by atoms with Crippen LogP contribution in [0.3, 0.4) is 0 Å². The number of hydrogen-bond acceptors (Lipinski definition) is 3. The third kappa shape index (κ3) is 1.04. The van der Waals surface area contributed by atoms with Gasteiger partial charge in [0.2, 0.25) is 0 Å². The van der Waals surface area contributed by atoms with Crippen LogP contribution in [0.25, 0.3) is 4.96 Å². The highest BCUT2D eigenvalue weighted by atomic mass is 32.1. The molecule has 0 saturated carbocycles. The lowest BCUT2D eigenvalue weighted by Gasteiger charge is -2.24. The zero-order valence-electron chi connectivity index (χ0n) is 8.23. The van der Waals surface area contributed by atoms with Crippen LogP contribution in [0.1, 0.15) is 31.3 Å². The van der Waals surface area contributed by atoms with Gasteiger partial charge in [0.15, 0.2) is 4.96 Å². The third-order valence-electron chi connectivity index (χ3n) is 2.68. The fraction of sp³-hybridized carbons (Fsp3) is 0.500. The van der Waals surface area contributed by atoms with Gasteiger partial charge in [-0.05, 0) is 13.8 Å². The average Bonchev–Trinajstić information content (AvgIpc) is 2.60. The van der Waals surface area contributed by atoms with Gasteiger partial charge >= 0.3 is 0 Å². The van der Waals surface area contributed by atoms with E-state index in [1.54, 1.807) is 11.3 Å².